The second-order valence-electron chi connectivity index (χ2n) is 3.89. The monoisotopic (exact) mass is 267 g/mol. The summed E-state index contributed by atoms with van der Waals surface area (Å²) in [6.45, 7) is 4.03. The molecule has 0 saturated heterocycles. The summed E-state index contributed by atoms with van der Waals surface area (Å²) in [6, 6.07) is 0. The fraction of sp³-hybridized carbons (Fsp3) is 0.900. The molecule has 0 heterocycles. The standard InChI is InChI=1S/C10H21NO5S/c1-3-16-10(13)8-17(14,15)11-6-4-5-9(2)7-12/h9,11-12H,3-8H2,1-2H3. The zero-order valence-electron chi connectivity index (χ0n) is 10.3. The Morgan fingerprint density at radius 2 is 2.12 bits per heavy atom. The Kier molecular flexibility index (Phi) is 8.11. The van der Waals surface area contributed by atoms with Gasteiger partial charge >= 0.3 is 5.97 Å². The molecular weight excluding hydrogens is 246 g/mol. The average molecular weight is 267 g/mol. The number of hydrogen-bond acceptors (Lipinski definition) is 5. The van der Waals surface area contributed by atoms with Crippen LogP contribution in [0, 0.1) is 5.92 Å². The van der Waals surface area contributed by atoms with Crippen LogP contribution in [0.3, 0.4) is 0 Å². The number of aliphatic hydroxyl groups is 1. The van der Waals surface area contributed by atoms with Gasteiger partial charge in [0.05, 0.1) is 6.61 Å². The van der Waals surface area contributed by atoms with Crippen LogP contribution in [-0.4, -0.2) is 45.0 Å². The molecule has 0 radical (unpaired) electrons. The van der Waals surface area contributed by atoms with Crippen LogP contribution in [0.15, 0.2) is 0 Å². The van der Waals surface area contributed by atoms with Crippen LogP contribution >= 0.6 is 0 Å². The number of sulfonamides is 1. The molecule has 0 aromatic rings. The second kappa shape index (κ2) is 8.43. The number of esters is 1. The van der Waals surface area contributed by atoms with Crippen molar-refractivity contribution in [2.45, 2.75) is 26.7 Å². The van der Waals surface area contributed by atoms with E-state index in [1.807, 2.05) is 6.92 Å². The first-order chi connectivity index (χ1) is 7.91. The van der Waals surface area contributed by atoms with E-state index < -0.39 is 21.7 Å². The Balaban J connectivity index is 3.83. The third-order valence-electron chi connectivity index (χ3n) is 2.12. The van der Waals surface area contributed by atoms with Crippen molar-refractivity contribution in [1.29, 1.82) is 0 Å². The third-order valence-corrected chi connectivity index (χ3v) is 3.38. The Bertz CT molecular complexity index is 315. The quantitative estimate of drug-likeness (QED) is 0.449. The van der Waals surface area contributed by atoms with Gasteiger partial charge in [0.2, 0.25) is 10.0 Å². The molecule has 0 rings (SSSR count). The summed E-state index contributed by atoms with van der Waals surface area (Å²) < 4.78 is 29.6. The Morgan fingerprint density at radius 1 is 1.47 bits per heavy atom. The van der Waals surface area contributed by atoms with Crippen molar-refractivity contribution in [2.75, 3.05) is 25.5 Å². The van der Waals surface area contributed by atoms with E-state index in [0.29, 0.717) is 6.42 Å². The predicted octanol–water partition coefficient (Wildman–Crippen LogP) is -0.122. The van der Waals surface area contributed by atoms with Crippen molar-refractivity contribution in [2.24, 2.45) is 5.92 Å². The maximum absolute atomic E-state index is 11.4. The molecule has 17 heavy (non-hydrogen) atoms. The van der Waals surface area contributed by atoms with Crippen molar-refractivity contribution in [3.05, 3.63) is 0 Å². The van der Waals surface area contributed by atoms with Crippen LogP contribution in [0.2, 0.25) is 0 Å². The molecule has 0 bridgehead atoms. The first-order valence-electron chi connectivity index (χ1n) is 5.65. The molecule has 0 spiro atoms. The van der Waals surface area contributed by atoms with Crippen LogP contribution < -0.4 is 4.72 Å². The summed E-state index contributed by atoms with van der Waals surface area (Å²) in [5.74, 6) is -1.23. The van der Waals surface area contributed by atoms with E-state index >= 15 is 0 Å². The number of ether oxygens (including phenoxy) is 1. The molecule has 0 aromatic heterocycles. The number of carbonyl (C=O) groups is 1. The number of rotatable bonds is 9. The Labute approximate surface area is 102 Å². The Hall–Kier alpha value is -0.660. The van der Waals surface area contributed by atoms with E-state index in [9.17, 15) is 13.2 Å². The lowest BCUT2D eigenvalue weighted by Crippen LogP contribution is -2.31. The van der Waals surface area contributed by atoms with Crippen molar-refractivity contribution < 1.29 is 23.1 Å². The molecular formula is C10H21NO5S. The lowest BCUT2D eigenvalue weighted by atomic mass is 10.1. The number of aliphatic hydroxyl groups excluding tert-OH is 1. The van der Waals surface area contributed by atoms with Gasteiger partial charge in [0.1, 0.15) is 0 Å². The molecule has 0 fully saturated rings. The van der Waals surface area contributed by atoms with Gasteiger partial charge in [-0.25, -0.2) is 13.1 Å². The fourth-order valence-corrected chi connectivity index (χ4v) is 2.13. The fourth-order valence-electron chi connectivity index (χ4n) is 1.18. The van der Waals surface area contributed by atoms with Gasteiger partial charge < -0.3 is 9.84 Å². The SMILES string of the molecule is CCOC(=O)CS(=O)(=O)NCCCC(C)CO. The average Bonchev–Trinajstić information content (AvgIpc) is 2.23. The number of carbonyl (C=O) groups excluding carboxylic acids is 1. The minimum absolute atomic E-state index is 0.0928. The van der Waals surface area contributed by atoms with Crippen LogP contribution in [-0.2, 0) is 19.6 Å². The maximum atomic E-state index is 11.4. The molecule has 1 unspecified atom stereocenters. The summed E-state index contributed by atoms with van der Waals surface area (Å²) in [4.78, 5) is 11.0. The van der Waals surface area contributed by atoms with Crippen molar-refractivity contribution >= 4 is 16.0 Å². The summed E-state index contributed by atoms with van der Waals surface area (Å²) in [5.41, 5.74) is 0. The van der Waals surface area contributed by atoms with E-state index in [1.54, 1.807) is 6.92 Å². The van der Waals surface area contributed by atoms with Gasteiger partial charge in [0.15, 0.2) is 5.75 Å². The zero-order valence-corrected chi connectivity index (χ0v) is 11.1. The molecule has 0 aliphatic carbocycles. The molecule has 6 nitrogen and oxygen atoms in total. The normalized spacial score (nSPS) is 13.4. The highest BCUT2D eigenvalue weighted by Crippen LogP contribution is 2.03. The molecule has 0 aromatic carbocycles. The first kappa shape index (κ1) is 16.3. The van der Waals surface area contributed by atoms with Gasteiger partial charge in [0, 0.05) is 13.2 Å². The van der Waals surface area contributed by atoms with Crippen LogP contribution in [0.4, 0.5) is 0 Å². The molecule has 102 valence electrons. The van der Waals surface area contributed by atoms with E-state index in [4.69, 9.17) is 5.11 Å². The van der Waals surface area contributed by atoms with Gasteiger partial charge in [-0.2, -0.15) is 0 Å². The second-order valence-corrected chi connectivity index (χ2v) is 5.70. The summed E-state index contributed by atoms with van der Waals surface area (Å²) in [6.07, 6.45) is 1.36. The summed E-state index contributed by atoms with van der Waals surface area (Å²) >= 11 is 0. The molecule has 0 saturated carbocycles. The lowest BCUT2D eigenvalue weighted by molar-refractivity contribution is -0.139. The zero-order chi connectivity index (χ0) is 13.3. The van der Waals surface area contributed by atoms with Crippen LogP contribution in [0.1, 0.15) is 26.7 Å². The van der Waals surface area contributed by atoms with E-state index in [1.165, 1.54) is 0 Å². The van der Waals surface area contributed by atoms with Gasteiger partial charge in [-0.3, -0.25) is 4.79 Å². The largest absolute Gasteiger partial charge is 0.465 e. The highest BCUT2D eigenvalue weighted by molar-refractivity contribution is 7.90. The van der Waals surface area contributed by atoms with Gasteiger partial charge in [-0.1, -0.05) is 6.92 Å². The van der Waals surface area contributed by atoms with Gasteiger partial charge in [0.25, 0.3) is 0 Å². The highest BCUT2D eigenvalue weighted by Gasteiger charge is 2.16. The van der Waals surface area contributed by atoms with Crippen molar-refractivity contribution in [1.82, 2.24) is 4.72 Å². The number of nitrogens with one attached hydrogen (secondary N) is 1. The van der Waals surface area contributed by atoms with Crippen LogP contribution in [0.5, 0.6) is 0 Å². The highest BCUT2D eigenvalue weighted by atomic mass is 32.2. The molecule has 0 amide bonds. The van der Waals surface area contributed by atoms with E-state index in [-0.39, 0.29) is 25.7 Å². The molecule has 0 aliphatic heterocycles. The minimum Gasteiger partial charge on any atom is -0.465 e. The van der Waals surface area contributed by atoms with E-state index in [2.05, 4.69) is 9.46 Å². The van der Waals surface area contributed by atoms with E-state index in [0.717, 1.165) is 6.42 Å². The molecule has 2 N–H and O–H groups in total. The smallest absolute Gasteiger partial charge is 0.322 e. The van der Waals surface area contributed by atoms with Gasteiger partial charge in [-0.05, 0) is 25.7 Å². The maximum Gasteiger partial charge on any atom is 0.322 e. The van der Waals surface area contributed by atoms with Gasteiger partial charge in [-0.15, -0.1) is 0 Å². The Morgan fingerprint density at radius 3 is 2.65 bits per heavy atom. The third kappa shape index (κ3) is 9.08. The topological polar surface area (TPSA) is 92.7 Å². The van der Waals surface area contributed by atoms with Crippen molar-refractivity contribution in [3.8, 4) is 0 Å². The summed E-state index contributed by atoms with van der Waals surface area (Å²) in [7, 11) is -3.59. The summed E-state index contributed by atoms with van der Waals surface area (Å²) in [5, 5.41) is 8.77. The molecule has 7 heteroatoms. The predicted molar refractivity (Wildman–Crippen MR) is 63.9 cm³/mol. The molecule has 0 aliphatic rings. The van der Waals surface area contributed by atoms with Crippen molar-refractivity contribution in [3.63, 3.8) is 0 Å². The number of hydrogen-bond donors (Lipinski definition) is 2. The molecule has 1 atom stereocenters. The first-order valence-corrected chi connectivity index (χ1v) is 7.30. The lowest BCUT2D eigenvalue weighted by Gasteiger charge is -2.08. The minimum atomic E-state index is -3.59. The van der Waals surface area contributed by atoms with Crippen LogP contribution in [0.25, 0.3) is 0 Å².